The molecular formula is C16H27NO2. The van der Waals surface area contributed by atoms with E-state index >= 15 is 0 Å². The van der Waals surface area contributed by atoms with Crippen molar-refractivity contribution in [1.29, 1.82) is 0 Å². The van der Waals surface area contributed by atoms with E-state index in [0.29, 0.717) is 11.3 Å². The van der Waals surface area contributed by atoms with Crippen molar-refractivity contribution in [3.8, 4) is 0 Å². The lowest BCUT2D eigenvalue weighted by atomic mass is 9.44. The molecule has 1 amide bonds. The van der Waals surface area contributed by atoms with Gasteiger partial charge < -0.3 is 10.0 Å². The van der Waals surface area contributed by atoms with E-state index in [-0.39, 0.29) is 18.1 Å². The lowest BCUT2D eigenvalue weighted by Gasteiger charge is -2.61. The third-order valence-electron chi connectivity index (χ3n) is 6.05. The van der Waals surface area contributed by atoms with Crippen LogP contribution in [0.5, 0.6) is 0 Å². The van der Waals surface area contributed by atoms with Gasteiger partial charge in [-0.3, -0.25) is 4.79 Å². The fourth-order valence-corrected chi connectivity index (χ4v) is 5.67. The molecule has 0 saturated heterocycles. The zero-order valence-corrected chi connectivity index (χ0v) is 12.5. The maximum Gasteiger partial charge on any atom is 0.228 e. The monoisotopic (exact) mass is 265 g/mol. The lowest BCUT2D eigenvalue weighted by Crippen LogP contribution is -2.58. The number of aliphatic hydroxyl groups is 1. The molecule has 108 valence electrons. The van der Waals surface area contributed by atoms with Crippen molar-refractivity contribution in [3.05, 3.63) is 0 Å². The molecule has 0 aromatic heterocycles. The summed E-state index contributed by atoms with van der Waals surface area (Å²) in [5, 5.41) is 9.29. The topological polar surface area (TPSA) is 40.5 Å². The molecule has 0 aliphatic heterocycles. The van der Waals surface area contributed by atoms with E-state index in [9.17, 15) is 9.90 Å². The first kappa shape index (κ1) is 13.4. The fraction of sp³-hybridized carbons (Fsp3) is 0.938. The molecular weight excluding hydrogens is 238 g/mol. The van der Waals surface area contributed by atoms with Crippen LogP contribution in [0.1, 0.15) is 52.4 Å². The Hall–Kier alpha value is -0.570. The SMILES string of the molecule is CC(CO)N(C)C(=O)C12CC3CC(CC(C)(C3)C1)C2. The van der Waals surface area contributed by atoms with Gasteiger partial charge in [0, 0.05) is 7.05 Å². The van der Waals surface area contributed by atoms with Crippen molar-refractivity contribution in [2.75, 3.05) is 13.7 Å². The third-order valence-corrected chi connectivity index (χ3v) is 6.05. The summed E-state index contributed by atoms with van der Waals surface area (Å²) in [4.78, 5) is 14.8. The van der Waals surface area contributed by atoms with Gasteiger partial charge in [-0.25, -0.2) is 0 Å². The first-order valence-electron chi connectivity index (χ1n) is 7.76. The summed E-state index contributed by atoms with van der Waals surface area (Å²) in [6, 6.07) is -0.0617. The van der Waals surface area contributed by atoms with Gasteiger partial charge in [0.1, 0.15) is 0 Å². The smallest absolute Gasteiger partial charge is 0.228 e. The van der Waals surface area contributed by atoms with Crippen LogP contribution in [0.3, 0.4) is 0 Å². The quantitative estimate of drug-likeness (QED) is 0.851. The van der Waals surface area contributed by atoms with Crippen LogP contribution in [0.15, 0.2) is 0 Å². The Morgan fingerprint density at radius 2 is 1.89 bits per heavy atom. The molecule has 0 radical (unpaired) electrons. The second-order valence-electron chi connectivity index (χ2n) is 8.00. The number of amides is 1. The first-order valence-corrected chi connectivity index (χ1v) is 7.76. The molecule has 4 bridgehead atoms. The molecule has 0 aromatic carbocycles. The number of carbonyl (C=O) groups excluding carboxylic acids is 1. The van der Waals surface area contributed by atoms with Gasteiger partial charge in [0.05, 0.1) is 18.1 Å². The van der Waals surface area contributed by atoms with E-state index in [0.717, 1.165) is 31.1 Å². The summed E-state index contributed by atoms with van der Waals surface area (Å²) in [6.07, 6.45) is 7.29. The highest BCUT2D eigenvalue weighted by Gasteiger charge is 2.59. The summed E-state index contributed by atoms with van der Waals surface area (Å²) < 4.78 is 0. The molecule has 3 unspecified atom stereocenters. The van der Waals surface area contributed by atoms with E-state index in [1.807, 2.05) is 14.0 Å². The van der Waals surface area contributed by atoms with Gasteiger partial charge in [-0.05, 0) is 62.7 Å². The standard InChI is InChI=1S/C16H27NO2/c1-11(9-18)17(3)14(19)16-7-12-4-13(8-16)6-15(2,5-12)10-16/h11-13,18H,4-10H2,1-3H3. The third kappa shape index (κ3) is 2.01. The van der Waals surface area contributed by atoms with E-state index in [1.165, 1.54) is 19.3 Å². The average molecular weight is 265 g/mol. The minimum atomic E-state index is -0.100. The predicted molar refractivity (Wildman–Crippen MR) is 74.5 cm³/mol. The number of hydrogen-bond donors (Lipinski definition) is 1. The second kappa shape index (κ2) is 4.21. The van der Waals surface area contributed by atoms with Crippen molar-refractivity contribution in [1.82, 2.24) is 4.90 Å². The summed E-state index contributed by atoms with van der Waals surface area (Å²) in [5.41, 5.74) is 0.306. The van der Waals surface area contributed by atoms with E-state index in [1.54, 1.807) is 4.90 Å². The van der Waals surface area contributed by atoms with E-state index < -0.39 is 0 Å². The largest absolute Gasteiger partial charge is 0.394 e. The Morgan fingerprint density at radius 1 is 1.32 bits per heavy atom. The molecule has 4 saturated carbocycles. The van der Waals surface area contributed by atoms with Gasteiger partial charge in [0.2, 0.25) is 5.91 Å². The van der Waals surface area contributed by atoms with Crippen LogP contribution < -0.4 is 0 Å². The highest BCUT2D eigenvalue weighted by atomic mass is 16.3. The maximum absolute atomic E-state index is 13.0. The van der Waals surface area contributed by atoms with Crippen LogP contribution in [0, 0.1) is 22.7 Å². The molecule has 0 aromatic rings. The predicted octanol–water partition coefficient (Wildman–Crippen LogP) is 2.43. The van der Waals surface area contributed by atoms with Gasteiger partial charge in [-0.15, -0.1) is 0 Å². The van der Waals surface area contributed by atoms with Crippen LogP contribution in [0.25, 0.3) is 0 Å². The molecule has 3 atom stereocenters. The Kier molecular flexibility index (Phi) is 2.97. The highest BCUT2D eigenvalue weighted by Crippen LogP contribution is 2.65. The van der Waals surface area contributed by atoms with Crippen LogP contribution in [-0.2, 0) is 4.79 Å². The molecule has 1 N–H and O–H groups in total. The molecule has 3 nitrogen and oxygen atoms in total. The van der Waals surface area contributed by atoms with Crippen molar-refractivity contribution in [2.45, 2.75) is 58.4 Å². The lowest BCUT2D eigenvalue weighted by molar-refractivity contribution is -0.167. The maximum atomic E-state index is 13.0. The van der Waals surface area contributed by atoms with Gasteiger partial charge in [-0.2, -0.15) is 0 Å². The zero-order valence-electron chi connectivity index (χ0n) is 12.5. The highest BCUT2D eigenvalue weighted by molar-refractivity contribution is 5.83. The second-order valence-corrected chi connectivity index (χ2v) is 8.00. The van der Waals surface area contributed by atoms with E-state index in [2.05, 4.69) is 6.92 Å². The molecule has 4 aliphatic rings. The Bertz CT molecular complexity index is 378. The average Bonchev–Trinajstić information content (AvgIpc) is 2.33. The molecule has 4 aliphatic carbocycles. The van der Waals surface area contributed by atoms with Gasteiger partial charge in [-0.1, -0.05) is 6.92 Å². The fourth-order valence-electron chi connectivity index (χ4n) is 5.67. The van der Waals surface area contributed by atoms with Crippen molar-refractivity contribution in [2.24, 2.45) is 22.7 Å². The summed E-state index contributed by atoms with van der Waals surface area (Å²) in [7, 11) is 1.87. The molecule has 0 spiro atoms. The normalized spacial score (nSPS) is 45.3. The van der Waals surface area contributed by atoms with Crippen molar-refractivity contribution >= 4 is 5.91 Å². The van der Waals surface area contributed by atoms with Crippen molar-refractivity contribution < 1.29 is 9.90 Å². The van der Waals surface area contributed by atoms with Crippen LogP contribution in [0.2, 0.25) is 0 Å². The zero-order chi connectivity index (χ0) is 13.8. The van der Waals surface area contributed by atoms with Gasteiger partial charge in [0.25, 0.3) is 0 Å². The molecule has 4 fully saturated rings. The number of rotatable bonds is 3. The Balaban J connectivity index is 1.85. The first-order chi connectivity index (χ1) is 8.87. The van der Waals surface area contributed by atoms with Crippen molar-refractivity contribution in [3.63, 3.8) is 0 Å². The Morgan fingerprint density at radius 3 is 2.37 bits per heavy atom. The number of carbonyl (C=O) groups is 1. The summed E-state index contributed by atoms with van der Waals surface area (Å²) >= 11 is 0. The Labute approximate surface area is 116 Å². The molecule has 19 heavy (non-hydrogen) atoms. The van der Waals surface area contributed by atoms with Crippen LogP contribution in [-0.4, -0.2) is 35.6 Å². The minimum absolute atomic E-state index is 0.0580. The molecule has 3 heteroatoms. The van der Waals surface area contributed by atoms with Crippen LogP contribution in [0.4, 0.5) is 0 Å². The van der Waals surface area contributed by atoms with Gasteiger partial charge >= 0.3 is 0 Å². The minimum Gasteiger partial charge on any atom is -0.394 e. The summed E-state index contributed by atoms with van der Waals surface area (Å²) in [6.45, 7) is 4.38. The molecule has 4 rings (SSSR count). The van der Waals surface area contributed by atoms with Gasteiger partial charge in [0.15, 0.2) is 0 Å². The van der Waals surface area contributed by atoms with Crippen LogP contribution >= 0.6 is 0 Å². The van der Waals surface area contributed by atoms with E-state index in [4.69, 9.17) is 0 Å². The summed E-state index contributed by atoms with van der Waals surface area (Å²) in [5.74, 6) is 1.84. The number of likely N-dealkylation sites (N-methyl/N-ethyl adjacent to an activating group) is 1. The number of nitrogens with zero attached hydrogens (tertiary/aromatic N) is 1. The molecule has 0 heterocycles. The number of hydrogen-bond acceptors (Lipinski definition) is 2. The number of aliphatic hydroxyl groups excluding tert-OH is 1.